The molecular weight excluding hydrogens is 128 g/mol. The van der Waals surface area contributed by atoms with Crippen molar-refractivity contribution >= 4 is 0 Å². The van der Waals surface area contributed by atoms with Crippen LogP contribution >= 0.6 is 0 Å². The van der Waals surface area contributed by atoms with Gasteiger partial charge >= 0.3 is 0 Å². The molecule has 3 atom stereocenters. The van der Waals surface area contributed by atoms with E-state index in [0.717, 1.165) is 12.8 Å². The van der Waals surface area contributed by atoms with Gasteiger partial charge in [0.05, 0.1) is 18.3 Å². The minimum absolute atomic E-state index is 0.0868. The summed E-state index contributed by atoms with van der Waals surface area (Å²) in [6, 6.07) is 0. The van der Waals surface area contributed by atoms with Crippen LogP contribution in [0.1, 0.15) is 33.1 Å². The lowest BCUT2D eigenvalue weighted by Gasteiger charge is -2.29. The van der Waals surface area contributed by atoms with E-state index in [0.29, 0.717) is 6.10 Å². The van der Waals surface area contributed by atoms with Crippen LogP contribution in [0.5, 0.6) is 0 Å². The zero-order valence-electron chi connectivity index (χ0n) is 6.71. The van der Waals surface area contributed by atoms with Gasteiger partial charge in [-0.2, -0.15) is 0 Å². The highest BCUT2D eigenvalue weighted by Gasteiger charge is 2.22. The summed E-state index contributed by atoms with van der Waals surface area (Å²) in [4.78, 5) is 0. The van der Waals surface area contributed by atoms with Crippen molar-refractivity contribution in [1.82, 2.24) is 0 Å². The van der Waals surface area contributed by atoms with E-state index in [4.69, 9.17) is 9.84 Å². The number of rotatable bonds is 1. The first kappa shape index (κ1) is 8.02. The summed E-state index contributed by atoms with van der Waals surface area (Å²) in [6.45, 7) is 3.86. The van der Waals surface area contributed by atoms with E-state index in [1.807, 2.05) is 0 Å². The SMILES string of the molecule is C[C@H](O)[C@@H]1CCC[C@H](C)O1. The average Bonchev–Trinajstić information content (AvgIpc) is 1.88. The molecule has 0 aromatic rings. The van der Waals surface area contributed by atoms with E-state index in [1.165, 1.54) is 6.42 Å². The molecule has 1 heterocycles. The lowest BCUT2D eigenvalue weighted by atomic mass is 10.0. The van der Waals surface area contributed by atoms with E-state index in [2.05, 4.69) is 6.92 Å². The molecule has 1 saturated heterocycles. The monoisotopic (exact) mass is 144 g/mol. The molecule has 0 bridgehead atoms. The standard InChI is InChI=1S/C8H16O2/c1-6-4-3-5-8(10-6)7(2)9/h6-9H,3-5H2,1-2H3/t6-,7-,8-/m0/s1. The number of hydrogen-bond donors (Lipinski definition) is 1. The predicted octanol–water partition coefficient (Wildman–Crippen LogP) is 1.32. The quantitative estimate of drug-likeness (QED) is 0.601. The van der Waals surface area contributed by atoms with Crippen molar-refractivity contribution in [3.8, 4) is 0 Å². The molecule has 0 unspecified atom stereocenters. The van der Waals surface area contributed by atoms with Crippen LogP contribution in [-0.2, 0) is 4.74 Å². The van der Waals surface area contributed by atoms with Gasteiger partial charge in [0.1, 0.15) is 0 Å². The molecule has 0 amide bonds. The molecule has 0 aromatic carbocycles. The lowest BCUT2D eigenvalue weighted by molar-refractivity contribution is -0.0926. The van der Waals surface area contributed by atoms with Crippen molar-refractivity contribution in [2.24, 2.45) is 0 Å². The predicted molar refractivity (Wildman–Crippen MR) is 39.9 cm³/mol. The average molecular weight is 144 g/mol. The maximum atomic E-state index is 9.17. The lowest BCUT2D eigenvalue weighted by Crippen LogP contribution is -2.33. The third-order valence-corrected chi connectivity index (χ3v) is 2.04. The van der Waals surface area contributed by atoms with Gasteiger partial charge in [-0.15, -0.1) is 0 Å². The van der Waals surface area contributed by atoms with Gasteiger partial charge in [0, 0.05) is 0 Å². The van der Waals surface area contributed by atoms with E-state index >= 15 is 0 Å². The Morgan fingerprint density at radius 1 is 1.50 bits per heavy atom. The van der Waals surface area contributed by atoms with Gasteiger partial charge in [-0.1, -0.05) is 0 Å². The van der Waals surface area contributed by atoms with E-state index in [-0.39, 0.29) is 12.2 Å². The summed E-state index contributed by atoms with van der Waals surface area (Å²) < 4.78 is 5.50. The van der Waals surface area contributed by atoms with Crippen LogP contribution in [0.2, 0.25) is 0 Å². The Kier molecular flexibility index (Phi) is 2.69. The van der Waals surface area contributed by atoms with Gasteiger partial charge < -0.3 is 9.84 Å². The Labute approximate surface area is 62.2 Å². The maximum absolute atomic E-state index is 9.17. The van der Waals surface area contributed by atoms with Crippen LogP contribution in [0.4, 0.5) is 0 Å². The Hall–Kier alpha value is -0.0800. The largest absolute Gasteiger partial charge is 0.391 e. The number of hydrogen-bond acceptors (Lipinski definition) is 2. The van der Waals surface area contributed by atoms with Crippen molar-refractivity contribution in [3.05, 3.63) is 0 Å². The first-order valence-corrected chi connectivity index (χ1v) is 4.03. The molecule has 10 heavy (non-hydrogen) atoms. The molecule has 0 spiro atoms. The van der Waals surface area contributed by atoms with Crippen LogP contribution in [0, 0.1) is 0 Å². The summed E-state index contributed by atoms with van der Waals surface area (Å²) in [5.41, 5.74) is 0. The third-order valence-electron chi connectivity index (χ3n) is 2.04. The van der Waals surface area contributed by atoms with Gasteiger partial charge in [-0.25, -0.2) is 0 Å². The van der Waals surface area contributed by atoms with Gasteiger partial charge in [0.2, 0.25) is 0 Å². The van der Waals surface area contributed by atoms with Crippen molar-refractivity contribution in [1.29, 1.82) is 0 Å². The summed E-state index contributed by atoms with van der Waals surface area (Å²) in [6.07, 6.45) is 3.47. The molecule has 0 radical (unpaired) electrons. The Bertz CT molecular complexity index is 101. The van der Waals surface area contributed by atoms with E-state index < -0.39 is 0 Å². The smallest absolute Gasteiger partial charge is 0.0834 e. The summed E-state index contributed by atoms with van der Waals surface area (Å²) in [5.74, 6) is 0. The second kappa shape index (κ2) is 3.35. The molecule has 0 aromatic heterocycles. The van der Waals surface area contributed by atoms with E-state index in [9.17, 15) is 0 Å². The van der Waals surface area contributed by atoms with Crippen molar-refractivity contribution < 1.29 is 9.84 Å². The zero-order valence-corrected chi connectivity index (χ0v) is 6.71. The minimum Gasteiger partial charge on any atom is -0.391 e. The van der Waals surface area contributed by atoms with Crippen LogP contribution in [0.25, 0.3) is 0 Å². The Morgan fingerprint density at radius 2 is 2.20 bits per heavy atom. The summed E-state index contributed by atoms with van der Waals surface area (Å²) >= 11 is 0. The molecule has 1 aliphatic rings. The van der Waals surface area contributed by atoms with Crippen LogP contribution in [0.15, 0.2) is 0 Å². The first-order valence-electron chi connectivity index (χ1n) is 4.03. The van der Waals surface area contributed by atoms with Gasteiger partial charge in [-0.3, -0.25) is 0 Å². The molecule has 1 rings (SSSR count). The topological polar surface area (TPSA) is 29.5 Å². The normalized spacial score (nSPS) is 37.5. The van der Waals surface area contributed by atoms with Crippen LogP contribution in [-0.4, -0.2) is 23.4 Å². The fourth-order valence-electron chi connectivity index (χ4n) is 1.40. The minimum atomic E-state index is -0.303. The van der Waals surface area contributed by atoms with E-state index in [1.54, 1.807) is 6.92 Å². The molecular formula is C8H16O2. The molecule has 2 heteroatoms. The van der Waals surface area contributed by atoms with Gasteiger partial charge in [0.25, 0.3) is 0 Å². The van der Waals surface area contributed by atoms with Gasteiger partial charge in [-0.05, 0) is 33.1 Å². The Balaban J connectivity index is 2.32. The molecule has 60 valence electrons. The zero-order chi connectivity index (χ0) is 7.56. The highest BCUT2D eigenvalue weighted by atomic mass is 16.5. The molecule has 1 N–H and O–H groups in total. The number of aliphatic hydroxyl groups is 1. The highest BCUT2D eigenvalue weighted by Crippen LogP contribution is 2.20. The van der Waals surface area contributed by atoms with Crippen molar-refractivity contribution in [3.63, 3.8) is 0 Å². The molecule has 2 nitrogen and oxygen atoms in total. The number of aliphatic hydroxyl groups excluding tert-OH is 1. The maximum Gasteiger partial charge on any atom is 0.0834 e. The first-order chi connectivity index (χ1) is 4.70. The fourth-order valence-corrected chi connectivity index (χ4v) is 1.40. The van der Waals surface area contributed by atoms with Crippen molar-refractivity contribution in [2.75, 3.05) is 0 Å². The molecule has 0 saturated carbocycles. The summed E-state index contributed by atoms with van der Waals surface area (Å²) in [5, 5.41) is 9.17. The molecule has 0 aliphatic carbocycles. The van der Waals surface area contributed by atoms with Crippen LogP contribution < -0.4 is 0 Å². The van der Waals surface area contributed by atoms with Gasteiger partial charge in [0.15, 0.2) is 0 Å². The molecule has 1 fully saturated rings. The molecule has 1 aliphatic heterocycles. The fraction of sp³-hybridized carbons (Fsp3) is 1.00. The second-order valence-electron chi connectivity index (χ2n) is 3.16. The second-order valence-corrected chi connectivity index (χ2v) is 3.16. The van der Waals surface area contributed by atoms with Crippen LogP contribution in [0.3, 0.4) is 0 Å². The summed E-state index contributed by atoms with van der Waals surface area (Å²) in [7, 11) is 0. The Morgan fingerprint density at radius 3 is 2.60 bits per heavy atom. The highest BCUT2D eigenvalue weighted by molar-refractivity contribution is 4.71. The third kappa shape index (κ3) is 1.96. The number of ether oxygens (including phenoxy) is 1. The van der Waals surface area contributed by atoms with Crippen molar-refractivity contribution in [2.45, 2.75) is 51.4 Å².